The van der Waals surface area contributed by atoms with Crippen molar-refractivity contribution in [3.05, 3.63) is 65.2 Å². The molecule has 0 aliphatic carbocycles. The number of phenols is 1. The van der Waals surface area contributed by atoms with Crippen LogP contribution in [0.4, 0.5) is 0 Å². The van der Waals surface area contributed by atoms with Gasteiger partial charge in [0.2, 0.25) is 5.91 Å². The van der Waals surface area contributed by atoms with E-state index in [1.807, 2.05) is 18.2 Å². The number of hydrogen-bond donors (Lipinski definition) is 2. The van der Waals surface area contributed by atoms with Gasteiger partial charge < -0.3 is 9.84 Å². The molecule has 0 spiro atoms. The number of aromatic hydroxyl groups is 1. The van der Waals surface area contributed by atoms with Crippen molar-refractivity contribution >= 4 is 11.7 Å². The molecule has 2 N–H and O–H groups in total. The predicted octanol–water partition coefficient (Wildman–Crippen LogP) is 1.92. The molecule has 1 fully saturated rings. The summed E-state index contributed by atoms with van der Waals surface area (Å²) in [5.41, 5.74) is 4.94. The van der Waals surface area contributed by atoms with Crippen LogP contribution in [0.25, 0.3) is 0 Å². The van der Waals surface area contributed by atoms with E-state index in [1.165, 1.54) is 0 Å². The lowest BCUT2D eigenvalue weighted by Crippen LogP contribution is -2.48. The van der Waals surface area contributed by atoms with Crippen LogP contribution >= 0.6 is 0 Å². The standard InChI is InChI=1S/C20H22N2O4/c23-18-7-2-1-5-16(18)12-15-4-3-6-17(13-15)19(24)14-20(25)21-22-8-10-26-11-9-22/h1-7,13,23H,8-12,14H2,(H,21,25). The third-order valence-corrected chi connectivity index (χ3v) is 4.25. The number of nitrogens with one attached hydrogen (secondary N) is 1. The summed E-state index contributed by atoms with van der Waals surface area (Å²) in [6.45, 7) is 2.39. The van der Waals surface area contributed by atoms with Gasteiger partial charge in [-0.2, -0.15) is 0 Å². The first kappa shape index (κ1) is 18.1. The van der Waals surface area contributed by atoms with Gasteiger partial charge in [-0.15, -0.1) is 0 Å². The van der Waals surface area contributed by atoms with E-state index in [1.54, 1.807) is 35.3 Å². The van der Waals surface area contributed by atoms with E-state index in [9.17, 15) is 14.7 Å². The topological polar surface area (TPSA) is 78.9 Å². The molecular weight excluding hydrogens is 332 g/mol. The zero-order chi connectivity index (χ0) is 18.4. The number of phenolic OH excluding ortho intramolecular Hbond substituents is 1. The van der Waals surface area contributed by atoms with Crippen molar-refractivity contribution in [2.45, 2.75) is 12.8 Å². The number of Topliss-reactive ketones (excluding diaryl/α,β-unsaturated/α-hetero) is 1. The minimum Gasteiger partial charge on any atom is -0.508 e. The van der Waals surface area contributed by atoms with Crippen LogP contribution in [-0.2, 0) is 16.0 Å². The summed E-state index contributed by atoms with van der Waals surface area (Å²) in [7, 11) is 0. The molecule has 6 nitrogen and oxygen atoms in total. The second-order valence-corrected chi connectivity index (χ2v) is 6.24. The van der Waals surface area contributed by atoms with Crippen molar-refractivity contribution in [2.75, 3.05) is 26.3 Å². The summed E-state index contributed by atoms with van der Waals surface area (Å²) in [5, 5.41) is 11.7. The SMILES string of the molecule is O=C(CC(=O)c1cccc(Cc2ccccc2O)c1)NN1CCOCC1. The van der Waals surface area contributed by atoms with E-state index < -0.39 is 0 Å². The second kappa shape index (κ2) is 8.60. The summed E-state index contributed by atoms with van der Waals surface area (Å²) in [4.78, 5) is 24.5. The fraction of sp³-hybridized carbons (Fsp3) is 0.300. The first-order valence-corrected chi connectivity index (χ1v) is 8.63. The lowest BCUT2D eigenvalue weighted by molar-refractivity contribution is -0.127. The van der Waals surface area contributed by atoms with Gasteiger partial charge in [0, 0.05) is 25.1 Å². The number of ketones is 1. The molecule has 0 saturated carbocycles. The zero-order valence-corrected chi connectivity index (χ0v) is 14.5. The van der Waals surface area contributed by atoms with E-state index in [0.717, 1.165) is 11.1 Å². The lowest BCUT2D eigenvalue weighted by Gasteiger charge is -2.26. The Morgan fingerprint density at radius 3 is 2.62 bits per heavy atom. The first-order chi connectivity index (χ1) is 12.6. The van der Waals surface area contributed by atoms with Crippen molar-refractivity contribution < 1.29 is 19.4 Å². The molecule has 0 unspecified atom stereocenters. The maximum absolute atomic E-state index is 12.4. The molecule has 136 valence electrons. The summed E-state index contributed by atoms with van der Waals surface area (Å²) < 4.78 is 5.22. The van der Waals surface area contributed by atoms with Crippen LogP contribution in [0.15, 0.2) is 48.5 Å². The van der Waals surface area contributed by atoms with E-state index in [4.69, 9.17) is 4.74 Å². The van der Waals surface area contributed by atoms with Crippen LogP contribution in [0.1, 0.15) is 27.9 Å². The fourth-order valence-electron chi connectivity index (χ4n) is 2.87. The summed E-state index contributed by atoms with van der Waals surface area (Å²) in [5.74, 6) is -0.313. The van der Waals surface area contributed by atoms with Gasteiger partial charge in [-0.1, -0.05) is 36.4 Å². The number of carbonyl (C=O) groups is 2. The van der Waals surface area contributed by atoms with Crippen molar-refractivity contribution in [2.24, 2.45) is 0 Å². The molecule has 1 heterocycles. The molecule has 0 radical (unpaired) electrons. The lowest BCUT2D eigenvalue weighted by atomic mass is 10.00. The van der Waals surface area contributed by atoms with Gasteiger partial charge in [-0.3, -0.25) is 15.0 Å². The summed E-state index contributed by atoms with van der Waals surface area (Å²) in [6.07, 6.45) is 0.325. The van der Waals surface area contributed by atoms with Gasteiger partial charge >= 0.3 is 0 Å². The molecule has 0 atom stereocenters. The van der Waals surface area contributed by atoms with Gasteiger partial charge in [0.25, 0.3) is 0 Å². The monoisotopic (exact) mass is 354 g/mol. The van der Waals surface area contributed by atoms with Crippen LogP contribution < -0.4 is 5.43 Å². The Labute approximate surface area is 152 Å². The normalized spacial score (nSPS) is 14.8. The minimum absolute atomic E-state index is 0.197. The average Bonchev–Trinajstić information content (AvgIpc) is 2.64. The number of ether oxygens (including phenoxy) is 1. The highest BCUT2D eigenvalue weighted by Crippen LogP contribution is 2.20. The quantitative estimate of drug-likeness (QED) is 0.612. The highest BCUT2D eigenvalue weighted by atomic mass is 16.5. The Balaban J connectivity index is 1.60. The number of amides is 1. The fourth-order valence-corrected chi connectivity index (χ4v) is 2.87. The number of rotatable bonds is 6. The van der Waals surface area contributed by atoms with Crippen molar-refractivity contribution in [1.29, 1.82) is 0 Å². The van der Waals surface area contributed by atoms with Crippen LogP contribution in [0.3, 0.4) is 0 Å². The number of nitrogens with zero attached hydrogens (tertiary/aromatic N) is 1. The third-order valence-electron chi connectivity index (χ3n) is 4.25. The molecular formula is C20H22N2O4. The molecule has 2 aromatic carbocycles. The predicted molar refractivity (Wildman–Crippen MR) is 96.8 cm³/mol. The molecule has 6 heteroatoms. The Morgan fingerprint density at radius 1 is 1.08 bits per heavy atom. The molecule has 1 aliphatic heterocycles. The van der Waals surface area contributed by atoms with Crippen LogP contribution in [0.2, 0.25) is 0 Å². The number of hydrogen-bond acceptors (Lipinski definition) is 5. The summed E-state index contributed by atoms with van der Waals surface area (Å²) >= 11 is 0. The zero-order valence-electron chi connectivity index (χ0n) is 14.5. The van der Waals surface area contributed by atoms with Crippen molar-refractivity contribution in [3.8, 4) is 5.75 Å². The summed E-state index contributed by atoms with van der Waals surface area (Å²) in [6, 6.07) is 14.3. The number of hydrazine groups is 1. The maximum atomic E-state index is 12.4. The van der Waals surface area contributed by atoms with E-state index in [2.05, 4.69) is 5.43 Å². The Morgan fingerprint density at radius 2 is 1.85 bits per heavy atom. The van der Waals surface area contributed by atoms with Crippen molar-refractivity contribution in [1.82, 2.24) is 10.4 Å². The molecule has 2 aromatic rings. The van der Waals surface area contributed by atoms with Gasteiger partial charge in [-0.25, -0.2) is 5.01 Å². The van der Waals surface area contributed by atoms with E-state index in [-0.39, 0.29) is 23.9 Å². The second-order valence-electron chi connectivity index (χ2n) is 6.24. The first-order valence-electron chi connectivity index (χ1n) is 8.63. The molecule has 1 saturated heterocycles. The number of para-hydroxylation sites is 1. The van der Waals surface area contributed by atoms with Gasteiger partial charge in [-0.05, 0) is 23.3 Å². The smallest absolute Gasteiger partial charge is 0.242 e. The Hall–Kier alpha value is -2.70. The molecule has 1 amide bonds. The van der Waals surface area contributed by atoms with Gasteiger partial charge in [0.05, 0.1) is 19.6 Å². The Kier molecular flexibility index (Phi) is 5.99. The van der Waals surface area contributed by atoms with Gasteiger partial charge in [0.15, 0.2) is 5.78 Å². The van der Waals surface area contributed by atoms with E-state index >= 15 is 0 Å². The molecule has 0 bridgehead atoms. The third kappa shape index (κ3) is 4.91. The van der Waals surface area contributed by atoms with Crippen molar-refractivity contribution in [3.63, 3.8) is 0 Å². The van der Waals surface area contributed by atoms with Crippen LogP contribution in [-0.4, -0.2) is 48.1 Å². The minimum atomic E-state index is -0.317. The highest BCUT2D eigenvalue weighted by Gasteiger charge is 2.17. The Bertz CT molecular complexity index is 785. The highest BCUT2D eigenvalue weighted by molar-refractivity contribution is 6.07. The largest absolute Gasteiger partial charge is 0.508 e. The molecule has 26 heavy (non-hydrogen) atoms. The molecule has 3 rings (SSSR count). The molecule has 1 aliphatic rings. The van der Waals surface area contributed by atoms with Gasteiger partial charge in [0.1, 0.15) is 5.75 Å². The maximum Gasteiger partial charge on any atom is 0.242 e. The van der Waals surface area contributed by atoms with Crippen LogP contribution in [0, 0.1) is 0 Å². The van der Waals surface area contributed by atoms with E-state index in [0.29, 0.717) is 38.3 Å². The molecule has 0 aromatic heterocycles. The number of morpholine rings is 1. The average molecular weight is 354 g/mol. The number of benzene rings is 2. The number of carbonyl (C=O) groups excluding carboxylic acids is 2. The van der Waals surface area contributed by atoms with Crippen LogP contribution in [0.5, 0.6) is 5.75 Å².